The molecule has 0 spiro atoms. The van der Waals surface area contributed by atoms with Crippen molar-refractivity contribution in [2.45, 2.75) is 33.1 Å². The van der Waals surface area contributed by atoms with E-state index in [4.69, 9.17) is 17.2 Å². The first-order chi connectivity index (χ1) is 19.3. The Morgan fingerprint density at radius 1 is 0.950 bits per heavy atom. The zero-order valence-electron chi connectivity index (χ0n) is 22.5. The van der Waals surface area contributed by atoms with Crippen LogP contribution >= 0.6 is 24.0 Å². The molecule has 2 aliphatic heterocycles. The van der Waals surface area contributed by atoms with Crippen molar-refractivity contribution >= 4 is 57.4 Å². The molecule has 2 fully saturated rings. The Hall–Kier alpha value is -3.96. The zero-order valence-corrected chi connectivity index (χ0v) is 24.1. The molecule has 6 rings (SSSR count). The number of carbonyl (C=O) groups excluding carboxylic acids is 1. The lowest BCUT2D eigenvalue weighted by molar-refractivity contribution is -0.113. The number of anilines is 2. The van der Waals surface area contributed by atoms with Crippen LogP contribution in [0.25, 0.3) is 17.4 Å². The molecule has 3 aromatic heterocycles. The number of fused-ring (bicyclic) bond motifs is 1. The SMILES string of the molecule is Cc1cccn2c(=O)c(C=C3SC(=S)N(c4c(C)n(C)n(-c5ccccc5)c4=O)C3=O)c(N3CCCCC3)nc12. The van der Waals surface area contributed by atoms with E-state index in [-0.39, 0.29) is 26.0 Å². The number of aryl methyl sites for hydroxylation is 1. The number of hydrogen-bond acceptors (Lipinski definition) is 7. The first-order valence-corrected chi connectivity index (χ1v) is 14.4. The zero-order chi connectivity index (χ0) is 28.1. The number of rotatable bonds is 4. The second-order valence-electron chi connectivity index (χ2n) is 10.0. The largest absolute Gasteiger partial charge is 0.356 e. The molecule has 11 heteroatoms. The average molecular weight is 573 g/mol. The predicted octanol–water partition coefficient (Wildman–Crippen LogP) is 4.20. The molecule has 0 radical (unpaired) electrons. The summed E-state index contributed by atoms with van der Waals surface area (Å²) in [6.45, 7) is 5.29. The predicted molar refractivity (Wildman–Crippen MR) is 164 cm³/mol. The molecule has 0 atom stereocenters. The van der Waals surface area contributed by atoms with Crippen LogP contribution in [0.4, 0.5) is 11.5 Å². The Kier molecular flexibility index (Phi) is 6.71. The molecule has 9 nitrogen and oxygen atoms in total. The van der Waals surface area contributed by atoms with Crippen LogP contribution < -0.4 is 20.9 Å². The molecule has 204 valence electrons. The highest BCUT2D eigenvalue weighted by atomic mass is 32.2. The average Bonchev–Trinajstić information content (AvgIpc) is 3.35. The molecule has 4 aromatic rings. The van der Waals surface area contributed by atoms with Gasteiger partial charge < -0.3 is 4.90 Å². The third kappa shape index (κ3) is 4.20. The van der Waals surface area contributed by atoms with Crippen molar-refractivity contribution < 1.29 is 4.79 Å². The number of nitrogens with zero attached hydrogens (tertiary/aromatic N) is 6. The van der Waals surface area contributed by atoms with E-state index in [1.165, 1.54) is 14.0 Å². The van der Waals surface area contributed by atoms with E-state index in [2.05, 4.69) is 4.90 Å². The van der Waals surface area contributed by atoms with Crippen molar-refractivity contribution in [2.75, 3.05) is 22.9 Å². The number of benzene rings is 1. The highest BCUT2D eigenvalue weighted by Crippen LogP contribution is 2.37. The number of piperidine rings is 1. The van der Waals surface area contributed by atoms with Crippen molar-refractivity contribution in [3.63, 3.8) is 0 Å². The molecule has 0 unspecified atom stereocenters. The van der Waals surface area contributed by atoms with E-state index in [1.54, 1.807) is 30.9 Å². The van der Waals surface area contributed by atoms with Crippen LogP contribution in [-0.4, -0.2) is 42.1 Å². The maximum atomic E-state index is 13.8. The Bertz CT molecular complexity index is 1830. The first kappa shape index (κ1) is 26.3. The van der Waals surface area contributed by atoms with Gasteiger partial charge in [0.15, 0.2) is 4.32 Å². The number of thiocarbonyl (C=S) groups is 1. The van der Waals surface area contributed by atoms with Crippen molar-refractivity contribution in [1.82, 2.24) is 18.7 Å². The Morgan fingerprint density at radius 3 is 2.40 bits per heavy atom. The van der Waals surface area contributed by atoms with Gasteiger partial charge in [-0.2, -0.15) is 0 Å². The molecule has 1 amide bonds. The summed E-state index contributed by atoms with van der Waals surface area (Å²) in [5, 5.41) is 0. The molecule has 40 heavy (non-hydrogen) atoms. The quantitative estimate of drug-likeness (QED) is 0.268. The van der Waals surface area contributed by atoms with Gasteiger partial charge in [0.2, 0.25) is 0 Å². The molecule has 0 bridgehead atoms. The smallest absolute Gasteiger partial charge is 0.296 e. The van der Waals surface area contributed by atoms with Crippen molar-refractivity contribution in [1.29, 1.82) is 0 Å². The van der Waals surface area contributed by atoms with Crippen LogP contribution in [0, 0.1) is 13.8 Å². The summed E-state index contributed by atoms with van der Waals surface area (Å²) in [6, 6.07) is 13.0. The van der Waals surface area contributed by atoms with Gasteiger partial charge in [0.1, 0.15) is 17.2 Å². The minimum atomic E-state index is -0.431. The summed E-state index contributed by atoms with van der Waals surface area (Å²) in [5.41, 5.74) is 2.73. The second-order valence-corrected chi connectivity index (χ2v) is 11.7. The minimum absolute atomic E-state index is 0.206. The lowest BCUT2D eigenvalue weighted by atomic mass is 10.1. The number of aromatic nitrogens is 4. The highest BCUT2D eigenvalue weighted by molar-refractivity contribution is 8.27. The highest BCUT2D eigenvalue weighted by Gasteiger charge is 2.38. The molecule has 2 aliphatic rings. The summed E-state index contributed by atoms with van der Waals surface area (Å²) in [5.74, 6) is 0.144. The van der Waals surface area contributed by atoms with Crippen LogP contribution in [0.1, 0.15) is 36.1 Å². The van der Waals surface area contributed by atoms with Gasteiger partial charge in [0.05, 0.1) is 21.8 Å². The Labute approximate surface area is 240 Å². The van der Waals surface area contributed by atoms with Gasteiger partial charge in [-0.3, -0.25) is 28.4 Å². The van der Waals surface area contributed by atoms with E-state index in [1.807, 2.05) is 49.4 Å². The third-order valence-electron chi connectivity index (χ3n) is 7.54. The summed E-state index contributed by atoms with van der Waals surface area (Å²) in [6.07, 6.45) is 6.45. The van der Waals surface area contributed by atoms with Crippen LogP contribution in [-0.2, 0) is 11.8 Å². The monoisotopic (exact) mass is 572 g/mol. The van der Waals surface area contributed by atoms with Crippen LogP contribution in [0.5, 0.6) is 0 Å². The number of pyridine rings is 1. The Morgan fingerprint density at radius 2 is 1.68 bits per heavy atom. The first-order valence-electron chi connectivity index (χ1n) is 13.2. The van der Waals surface area contributed by atoms with Gasteiger partial charge in [-0.25, -0.2) is 9.67 Å². The van der Waals surface area contributed by atoms with Gasteiger partial charge in [-0.05, 0) is 62.9 Å². The van der Waals surface area contributed by atoms with Crippen LogP contribution in [0.3, 0.4) is 0 Å². The lowest BCUT2D eigenvalue weighted by Crippen LogP contribution is -2.34. The van der Waals surface area contributed by atoms with Gasteiger partial charge in [0.25, 0.3) is 17.0 Å². The summed E-state index contributed by atoms with van der Waals surface area (Å²) < 4.78 is 5.00. The molecule has 0 saturated carbocycles. The number of carbonyl (C=O) groups is 1. The number of para-hydroxylation sites is 1. The van der Waals surface area contributed by atoms with Gasteiger partial charge in [-0.15, -0.1) is 0 Å². The number of thioether (sulfide) groups is 1. The molecule has 0 N–H and O–H groups in total. The second kappa shape index (κ2) is 10.2. The minimum Gasteiger partial charge on any atom is -0.356 e. The van der Waals surface area contributed by atoms with Gasteiger partial charge >= 0.3 is 0 Å². The van der Waals surface area contributed by atoms with E-state index >= 15 is 0 Å². The van der Waals surface area contributed by atoms with E-state index < -0.39 is 5.91 Å². The fourth-order valence-electron chi connectivity index (χ4n) is 5.38. The number of hydrogen-bond donors (Lipinski definition) is 0. The maximum Gasteiger partial charge on any atom is 0.296 e. The van der Waals surface area contributed by atoms with Gasteiger partial charge in [-0.1, -0.05) is 48.2 Å². The standard InChI is InChI=1S/C29H28N6O3S2/c1-18-11-10-16-33-24(18)30-25(32-14-8-5-9-15-32)21(26(33)36)17-22-27(37)34(29(39)40-22)23-19(2)31(3)35(28(23)38)20-12-6-4-7-13-20/h4,6-7,10-13,16-17H,5,8-9,14-15H2,1-3H3. The van der Waals surface area contributed by atoms with Crippen molar-refractivity contribution in [3.05, 3.63) is 91.1 Å². The van der Waals surface area contributed by atoms with E-state index in [0.29, 0.717) is 28.4 Å². The maximum absolute atomic E-state index is 13.8. The molecule has 5 heterocycles. The number of amides is 1. The normalized spacial score (nSPS) is 17.0. The van der Waals surface area contributed by atoms with E-state index in [9.17, 15) is 14.4 Å². The van der Waals surface area contributed by atoms with Crippen LogP contribution in [0.2, 0.25) is 0 Å². The third-order valence-corrected chi connectivity index (χ3v) is 8.84. The molecular weight excluding hydrogens is 544 g/mol. The molecule has 1 aromatic carbocycles. The molecular formula is C29H28N6O3S2. The summed E-state index contributed by atoms with van der Waals surface area (Å²) >= 11 is 6.72. The molecule has 2 saturated heterocycles. The topological polar surface area (TPSA) is 84.8 Å². The van der Waals surface area contributed by atoms with Crippen LogP contribution in [0.15, 0.2) is 63.2 Å². The summed E-state index contributed by atoms with van der Waals surface area (Å²) in [4.78, 5) is 49.9. The van der Waals surface area contributed by atoms with Crippen molar-refractivity contribution in [3.8, 4) is 5.69 Å². The fourth-order valence-corrected chi connectivity index (χ4v) is 6.63. The Balaban J connectivity index is 1.48. The van der Waals surface area contributed by atoms with E-state index in [0.717, 1.165) is 49.7 Å². The van der Waals surface area contributed by atoms with Gasteiger partial charge in [0, 0.05) is 26.3 Å². The van der Waals surface area contributed by atoms with Crippen molar-refractivity contribution in [2.24, 2.45) is 7.05 Å². The summed E-state index contributed by atoms with van der Waals surface area (Å²) in [7, 11) is 1.77. The fraction of sp³-hybridized carbons (Fsp3) is 0.276. The molecule has 0 aliphatic carbocycles. The lowest BCUT2D eigenvalue weighted by Gasteiger charge is -2.29.